The molecule has 1 amide bonds. The zero-order valence-electron chi connectivity index (χ0n) is 10.9. The molecule has 0 spiro atoms. The smallest absolute Gasteiger partial charge is 0.276 e. The maximum absolute atomic E-state index is 12.2. The van der Waals surface area contributed by atoms with Gasteiger partial charge < -0.3 is 15.8 Å². The normalized spacial score (nSPS) is 10.2. The van der Waals surface area contributed by atoms with Crippen molar-refractivity contribution in [2.45, 2.75) is 13.5 Å². The van der Waals surface area contributed by atoms with E-state index >= 15 is 0 Å². The van der Waals surface area contributed by atoms with Crippen LogP contribution in [0.2, 0.25) is 0 Å². The summed E-state index contributed by atoms with van der Waals surface area (Å²) in [7, 11) is 1.57. The highest BCUT2D eigenvalue weighted by Crippen LogP contribution is 2.19. The van der Waals surface area contributed by atoms with Gasteiger partial charge in [0.15, 0.2) is 0 Å². The Hall–Kier alpha value is -2.50. The molecule has 2 rings (SSSR count). The summed E-state index contributed by atoms with van der Waals surface area (Å²) < 4.78 is 6.66. The quantitative estimate of drug-likeness (QED) is 0.877. The lowest BCUT2D eigenvalue weighted by atomic mass is 10.2. The number of hydrogen-bond donors (Lipinski definition) is 2. The Balaban J connectivity index is 2.23. The minimum absolute atomic E-state index is 0.287. The van der Waals surface area contributed by atoms with Gasteiger partial charge in [-0.2, -0.15) is 5.10 Å². The fraction of sp³-hybridized carbons (Fsp3) is 0.231. The van der Waals surface area contributed by atoms with Crippen LogP contribution in [0.15, 0.2) is 30.5 Å². The zero-order chi connectivity index (χ0) is 13.8. The summed E-state index contributed by atoms with van der Waals surface area (Å²) in [6.07, 6.45) is 1.48. The molecule has 1 heterocycles. The molecule has 1 aromatic carbocycles. The molecular formula is C13H16N4O2. The van der Waals surface area contributed by atoms with Crippen LogP contribution in [0.25, 0.3) is 0 Å². The van der Waals surface area contributed by atoms with Gasteiger partial charge in [-0.25, -0.2) is 0 Å². The van der Waals surface area contributed by atoms with E-state index < -0.39 is 0 Å². The van der Waals surface area contributed by atoms with Gasteiger partial charge in [0.25, 0.3) is 5.91 Å². The first-order chi connectivity index (χ1) is 9.15. The maximum atomic E-state index is 12.2. The van der Waals surface area contributed by atoms with Crippen molar-refractivity contribution in [2.75, 3.05) is 18.2 Å². The molecule has 2 aromatic rings. The van der Waals surface area contributed by atoms with E-state index in [1.54, 1.807) is 36.1 Å². The van der Waals surface area contributed by atoms with Crippen molar-refractivity contribution in [3.63, 3.8) is 0 Å². The number of nitrogens with one attached hydrogen (secondary N) is 1. The monoisotopic (exact) mass is 260 g/mol. The molecule has 0 bridgehead atoms. The SMILES string of the molecule is CCn1ncc(N)c1C(=O)Nc1cccc(OC)c1. The summed E-state index contributed by atoms with van der Waals surface area (Å²) in [5, 5.41) is 6.81. The van der Waals surface area contributed by atoms with E-state index in [9.17, 15) is 4.79 Å². The fourth-order valence-corrected chi connectivity index (χ4v) is 1.78. The lowest BCUT2D eigenvalue weighted by molar-refractivity contribution is 0.101. The van der Waals surface area contributed by atoms with Crippen molar-refractivity contribution in [1.82, 2.24) is 9.78 Å². The maximum Gasteiger partial charge on any atom is 0.276 e. The lowest BCUT2D eigenvalue weighted by Crippen LogP contribution is -2.18. The van der Waals surface area contributed by atoms with Gasteiger partial charge in [0.1, 0.15) is 11.4 Å². The van der Waals surface area contributed by atoms with Crippen molar-refractivity contribution in [3.05, 3.63) is 36.2 Å². The number of amides is 1. The van der Waals surface area contributed by atoms with E-state index in [2.05, 4.69) is 10.4 Å². The highest BCUT2D eigenvalue weighted by Gasteiger charge is 2.16. The van der Waals surface area contributed by atoms with E-state index in [0.717, 1.165) is 0 Å². The molecule has 0 saturated carbocycles. The average molecular weight is 260 g/mol. The Kier molecular flexibility index (Phi) is 3.70. The van der Waals surface area contributed by atoms with Crippen molar-refractivity contribution in [2.24, 2.45) is 0 Å². The average Bonchev–Trinajstić information content (AvgIpc) is 2.80. The van der Waals surface area contributed by atoms with E-state index in [1.165, 1.54) is 6.20 Å². The number of carbonyl (C=O) groups is 1. The molecule has 0 aliphatic rings. The van der Waals surface area contributed by atoms with E-state index in [0.29, 0.717) is 29.4 Å². The molecule has 0 unspecified atom stereocenters. The van der Waals surface area contributed by atoms with Gasteiger partial charge in [0.05, 0.1) is 19.0 Å². The highest BCUT2D eigenvalue weighted by molar-refractivity contribution is 6.06. The van der Waals surface area contributed by atoms with Crippen LogP contribution in [0, 0.1) is 0 Å². The van der Waals surface area contributed by atoms with Crippen molar-refractivity contribution in [3.8, 4) is 5.75 Å². The van der Waals surface area contributed by atoms with E-state index in [4.69, 9.17) is 10.5 Å². The molecule has 6 heteroatoms. The van der Waals surface area contributed by atoms with Crippen molar-refractivity contribution >= 4 is 17.3 Å². The summed E-state index contributed by atoms with van der Waals surface area (Å²) in [6.45, 7) is 2.48. The molecule has 0 aliphatic carbocycles. The molecule has 3 N–H and O–H groups in total. The molecule has 6 nitrogen and oxygen atoms in total. The fourth-order valence-electron chi connectivity index (χ4n) is 1.78. The Bertz CT molecular complexity index is 592. The first-order valence-corrected chi connectivity index (χ1v) is 5.92. The number of benzene rings is 1. The summed E-state index contributed by atoms with van der Waals surface area (Å²) >= 11 is 0. The number of aromatic nitrogens is 2. The standard InChI is InChI=1S/C13H16N4O2/c1-3-17-12(11(14)8-15-17)13(18)16-9-5-4-6-10(7-9)19-2/h4-8H,3,14H2,1-2H3,(H,16,18). The predicted molar refractivity (Wildman–Crippen MR) is 73.3 cm³/mol. The number of nitrogens with zero attached hydrogens (tertiary/aromatic N) is 2. The van der Waals surface area contributed by atoms with Crippen molar-refractivity contribution < 1.29 is 9.53 Å². The summed E-state index contributed by atoms with van der Waals surface area (Å²) in [5.41, 5.74) is 7.13. The Morgan fingerprint density at radius 3 is 3.00 bits per heavy atom. The number of anilines is 2. The number of methoxy groups -OCH3 is 1. The molecule has 0 atom stereocenters. The van der Waals surface area contributed by atoms with Gasteiger partial charge in [-0.1, -0.05) is 6.07 Å². The van der Waals surface area contributed by atoms with Crippen LogP contribution in [0.4, 0.5) is 11.4 Å². The van der Waals surface area contributed by atoms with Crippen LogP contribution in [0.3, 0.4) is 0 Å². The number of carbonyl (C=O) groups excluding carboxylic acids is 1. The number of hydrogen-bond acceptors (Lipinski definition) is 4. The number of nitrogen functional groups attached to an aromatic ring is 1. The second-order valence-corrected chi connectivity index (χ2v) is 3.95. The van der Waals surface area contributed by atoms with Crippen LogP contribution >= 0.6 is 0 Å². The second-order valence-electron chi connectivity index (χ2n) is 3.95. The van der Waals surface area contributed by atoms with Crippen molar-refractivity contribution in [1.29, 1.82) is 0 Å². The van der Waals surface area contributed by atoms with Crippen LogP contribution in [0.5, 0.6) is 5.75 Å². The number of ether oxygens (including phenoxy) is 1. The van der Waals surface area contributed by atoms with Crippen LogP contribution in [-0.4, -0.2) is 22.8 Å². The minimum atomic E-state index is -0.287. The van der Waals surface area contributed by atoms with E-state index in [-0.39, 0.29) is 5.91 Å². The van der Waals surface area contributed by atoms with Gasteiger partial charge in [0.2, 0.25) is 0 Å². The first kappa shape index (κ1) is 12.9. The van der Waals surface area contributed by atoms with Crippen LogP contribution < -0.4 is 15.8 Å². The van der Waals surface area contributed by atoms with Gasteiger partial charge in [-0.3, -0.25) is 9.48 Å². The summed E-state index contributed by atoms with van der Waals surface area (Å²) in [5.74, 6) is 0.389. The third kappa shape index (κ3) is 2.67. The second kappa shape index (κ2) is 5.43. The molecule has 100 valence electrons. The number of rotatable bonds is 4. The first-order valence-electron chi connectivity index (χ1n) is 5.92. The zero-order valence-corrected chi connectivity index (χ0v) is 10.9. The Morgan fingerprint density at radius 1 is 1.53 bits per heavy atom. The Labute approximate surface area is 111 Å². The molecular weight excluding hydrogens is 244 g/mol. The predicted octanol–water partition coefficient (Wildman–Crippen LogP) is 1.75. The van der Waals surface area contributed by atoms with Crippen LogP contribution in [0.1, 0.15) is 17.4 Å². The number of nitrogens with two attached hydrogens (primary N) is 1. The summed E-state index contributed by atoms with van der Waals surface area (Å²) in [4.78, 5) is 12.2. The topological polar surface area (TPSA) is 82.2 Å². The molecule has 0 radical (unpaired) electrons. The molecule has 19 heavy (non-hydrogen) atoms. The largest absolute Gasteiger partial charge is 0.497 e. The van der Waals surface area contributed by atoms with E-state index in [1.807, 2.05) is 6.92 Å². The molecule has 0 saturated heterocycles. The molecule has 0 aliphatic heterocycles. The van der Waals surface area contributed by atoms with Gasteiger partial charge in [-0.05, 0) is 19.1 Å². The Morgan fingerprint density at radius 2 is 2.32 bits per heavy atom. The van der Waals surface area contributed by atoms with Gasteiger partial charge >= 0.3 is 0 Å². The van der Waals surface area contributed by atoms with Crippen LogP contribution in [-0.2, 0) is 6.54 Å². The third-order valence-electron chi connectivity index (χ3n) is 2.71. The van der Waals surface area contributed by atoms with Gasteiger partial charge in [-0.15, -0.1) is 0 Å². The summed E-state index contributed by atoms with van der Waals surface area (Å²) in [6, 6.07) is 7.12. The molecule has 1 aromatic heterocycles. The molecule has 0 fully saturated rings. The third-order valence-corrected chi connectivity index (χ3v) is 2.71. The lowest BCUT2D eigenvalue weighted by Gasteiger charge is -2.08. The van der Waals surface area contributed by atoms with Gasteiger partial charge in [0, 0.05) is 18.3 Å². The minimum Gasteiger partial charge on any atom is -0.497 e. The number of aryl methyl sites for hydroxylation is 1. The highest BCUT2D eigenvalue weighted by atomic mass is 16.5.